The Morgan fingerprint density at radius 1 is 1.21 bits per heavy atom. The molecule has 1 amide bonds. The molecule has 3 atom stereocenters. The minimum Gasteiger partial charge on any atom is -0.393 e. The molecule has 0 radical (unpaired) electrons. The monoisotopic (exact) mass is 466 g/mol. The summed E-state index contributed by atoms with van der Waals surface area (Å²) >= 11 is 0. The van der Waals surface area contributed by atoms with E-state index in [1.807, 2.05) is 26.0 Å². The van der Waals surface area contributed by atoms with Gasteiger partial charge < -0.3 is 15.7 Å². The minimum atomic E-state index is -0.480. The largest absolute Gasteiger partial charge is 0.393 e. The van der Waals surface area contributed by atoms with Crippen LogP contribution in [0.15, 0.2) is 71.1 Å². The van der Waals surface area contributed by atoms with E-state index in [1.54, 1.807) is 19.1 Å². The van der Waals surface area contributed by atoms with Gasteiger partial charge in [-0.25, -0.2) is 0 Å². The van der Waals surface area contributed by atoms with Gasteiger partial charge in [0.05, 0.1) is 17.5 Å². The van der Waals surface area contributed by atoms with Gasteiger partial charge in [0, 0.05) is 29.7 Å². The van der Waals surface area contributed by atoms with Crippen molar-refractivity contribution in [2.45, 2.75) is 65.9 Å². The number of aliphatic hydroxyl groups excluding tert-OH is 1. The highest BCUT2D eigenvalue weighted by atomic mass is 16.3. The highest BCUT2D eigenvalue weighted by Gasteiger charge is 2.30. The second kappa shape index (κ2) is 13.0. The van der Waals surface area contributed by atoms with Gasteiger partial charge in [-0.15, -0.1) is 6.58 Å². The van der Waals surface area contributed by atoms with Crippen LogP contribution in [0.1, 0.15) is 59.8 Å². The van der Waals surface area contributed by atoms with Crippen molar-refractivity contribution < 1.29 is 19.5 Å². The summed E-state index contributed by atoms with van der Waals surface area (Å²) in [6.07, 6.45) is 13.3. The van der Waals surface area contributed by atoms with Crippen molar-refractivity contribution >= 4 is 17.5 Å². The second-order valence-electron chi connectivity index (χ2n) is 9.37. The standard InChI is InChI=1S/C28H38N2O4/c1-6-14-29-26-22-16-19(3)12-13-24(31)21(5)15-18(2)10-8-7-9-11-20(4)28(34)30-23(27(22)33)17-25(26)32/h6-7,9,11,15,17,19,21,24,29,31H,1,8,10,12-14,16H2,2-5H3,(H,30,34)/b9-7-,18-15+,20-11+. The van der Waals surface area contributed by atoms with E-state index in [0.29, 0.717) is 37.0 Å². The number of hydrogen-bond donors (Lipinski definition) is 3. The predicted molar refractivity (Wildman–Crippen MR) is 136 cm³/mol. The fourth-order valence-electron chi connectivity index (χ4n) is 4.08. The lowest BCUT2D eigenvalue weighted by Crippen LogP contribution is -2.36. The summed E-state index contributed by atoms with van der Waals surface area (Å²) in [5.41, 5.74) is 2.25. The first-order valence-electron chi connectivity index (χ1n) is 12.0. The van der Waals surface area contributed by atoms with Crippen LogP contribution in [0.4, 0.5) is 0 Å². The van der Waals surface area contributed by atoms with Crippen molar-refractivity contribution in [2.24, 2.45) is 11.8 Å². The summed E-state index contributed by atoms with van der Waals surface area (Å²) in [4.78, 5) is 38.8. The Kier molecular flexibility index (Phi) is 10.5. The van der Waals surface area contributed by atoms with E-state index in [-0.39, 0.29) is 34.8 Å². The molecular weight excluding hydrogens is 428 g/mol. The predicted octanol–water partition coefficient (Wildman–Crippen LogP) is 4.21. The van der Waals surface area contributed by atoms with E-state index in [1.165, 1.54) is 11.6 Å². The summed E-state index contributed by atoms with van der Waals surface area (Å²) < 4.78 is 0. The highest BCUT2D eigenvalue weighted by molar-refractivity contribution is 6.23. The van der Waals surface area contributed by atoms with Crippen LogP contribution in [0.5, 0.6) is 0 Å². The lowest BCUT2D eigenvalue weighted by Gasteiger charge is -2.23. The van der Waals surface area contributed by atoms with E-state index >= 15 is 0 Å². The number of aliphatic hydroxyl groups is 1. The fourth-order valence-corrected chi connectivity index (χ4v) is 4.08. The zero-order valence-electron chi connectivity index (χ0n) is 20.8. The Morgan fingerprint density at radius 3 is 2.65 bits per heavy atom. The molecule has 0 aromatic rings. The maximum Gasteiger partial charge on any atom is 0.251 e. The van der Waals surface area contributed by atoms with Crippen LogP contribution in [0.25, 0.3) is 0 Å². The van der Waals surface area contributed by atoms with Gasteiger partial charge >= 0.3 is 0 Å². The number of carbonyl (C=O) groups excluding carboxylic acids is 3. The van der Waals surface area contributed by atoms with Crippen molar-refractivity contribution in [3.8, 4) is 0 Å². The third kappa shape index (κ3) is 7.80. The zero-order valence-corrected chi connectivity index (χ0v) is 20.8. The van der Waals surface area contributed by atoms with Crippen LogP contribution in [-0.2, 0) is 14.4 Å². The molecule has 3 N–H and O–H groups in total. The number of Topliss-reactive ketones (excluding diaryl/α,β-unsaturated/α-hetero) is 1. The smallest absolute Gasteiger partial charge is 0.251 e. The molecule has 0 fully saturated rings. The lowest BCUT2D eigenvalue weighted by atomic mass is 9.86. The topological polar surface area (TPSA) is 95.5 Å². The van der Waals surface area contributed by atoms with Gasteiger partial charge in [-0.2, -0.15) is 0 Å². The van der Waals surface area contributed by atoms with Crippen molar-refractivity contribution in [3.05, 3.63) is 71.1 Å². The summed E-state index contributed by atoms with van der Waals surface area (Å²) in [6, 6.07) is 0. The van der Waals surface area contributed by atoms with E-state index in [0.717, 1.165) is 12.8 Å². The SMILES string of the molecule is C=CCNC1=C2CC(C)CCC(O)C(C)/C=C(\C)CC/C=C\C=C(/C)C(=O)NC(=CC1=O)C2=O. The van der Waals surface area contributed by atoms with Crippen LogP contribution in [0.3, 0.4) is 0 Å². The third-order valence-corrected chi connectivity index (χ3v) is 6.22. The average molecular weight is 467 g/mol. The lowest BCUT2D eigenvalue weighted by molar-refractivity contribution is -0.120. The molecular formula is C28H38N2O4. The molecule has 0 aromatic heterocycles. The third-order valence-electron chi connectivity index (χ3n) is 6.22. The molecule has 2 bridgehead atoms. The summed E-state index contributed by atoms with van der Waals surface area (Å²) in [7, 11) is 0. The average Bonchev–Trinajstić information content (AvgIpc) is 2.79. The Hall–Kier alpha value is -2.99. The second-order valence-corrected chi connectivity index (χ2v) is 9.37. The fraction of sp³-hybridized carbons (Fsp3) is 0.464. The quantitative estimate of drug-likeness (QED) is 0.428. The molecule has 6 nitrogen and oxygen atoms in total. The molecule has 184 valence electrons. The number of hydrogen-bond acceptors (Lipinski definition) is 5. The zero-order chi connectivity index (χ0) is 25.3. The van der Waals surface area contributed by atoms with Gasteiger partial charge in [-0.3, -0.25) is 14.4 Å². The Morgan fingerprint density at radius 2 is 1.94 bits per heavy atom. The van der Waals surface area contributed by atoms with Crippen molar-refractivity contribution in [2.75, 3.05) is 6.54 Å². The molecule has 6 heteroatoms. The van der Waals surface area contributed by atoms with Gasteiger partial charge in [0.2, 0.25) is 11.6 Å². The number of carbonyl (C=O) groups is 3. The van der Waals surface area contributed by atoms with Crippen LogP contribution < -0.4 is 10.6 Å². The minimum absolute atomic E-state index is 0.00974. The molecule has 0 saturated heterocycles. The Balaban J connectivity index is 2.39. The van der Waals surface area contributed by atoms with Crippen LogP contribution in [0, 0.1) is 11.8 Å². The first kappa shape index (κ1) is 27.3. The molecule has 2 aliphatic rings. The molecule has 1 aliphatic heterocycles. The van der Waals surface area contributed by atoms with Gasteiger partial charge in [-0.05, 0) is 51.9 Å². The number of ketones is 2. The number of amides is 1. The number of nitrogens with one attached hydrogen (secondary N) is 2. The van der Waals surface area contributed by atoms with Gasteiger partial charge in [0.1, 0.15) is 0 Å². The van der Waals surface area contributed by atoms with Crippen LogP contribution >= 0.6 is 0 Å². The normalized spacial score (nSPS) is 29.9. The number of fused-ring (bicyclic) bond motifs is 2. The summed E-state index contributed by atoms with van der Waals surface area (Å²) in [5, 5.41) is 16.3. The van der Waals surface area contributed by atoms with Crippen molar-refractivity contribution in [1.29, 1.82) is 0 Å². The van der Waals surface area contributed by atoms with E-state index < -0.39 is 12.0 Å². The maximum atomic E-state index is 13.3. The number of rotatable bonds is 3. The molecule has 1 aliphatic carbocycles. The van der Waals surface area contributed by atoms with Gasteiger partial charge in [0.25, 0.3) is 5.91 Å². The first-order valence-corrected chi connectivity index (χ1v) is 12.0. The highest BCUT2D eigenvalue weighted by Crippen LogP contribution is 2.27. The molecule has 0 saturated carbocycles. The van der Waals surface area contributed by atoms with E-state index in [4.69, 9.17) is 0 Å². The first-order chi connectivity index (χ1) is 16.1. The van der Waals surface area contributed by atoms with Crippen molar-refractivity contribution in [1.82, 2.24) is 10.6 Å². The molecule has 1 heterocycles. The Labute approximate surface area is 203 Å². The van der Waals surface area contributed by atoms with Gasteiger partial charge in [-0.1, -0.05) is 49.8 Å². The summed E-state index contributed by atoms with van der Waals surface area (Å²) in [6.45, 7) is 11.8. The molecule has 0 aromatic carbocycles. The molecule has 3 unspecified atom stereocenters. The number of allylic oxidation sites excluding steroid dienone is 6. The summed E-state index contributed by atoms with van der Waals surface area (Å²) in [5.74, 6) is -1.04. The maximum absolute atomic E-state index is 13.3. The molecule has 0 spiro atoms. The Bertz CT molecular complexity index is 965. The van der Waals surface area contributed by atoms with Crippen molar-refractivity contribution in [3.63, 3.8) is 0 Å². The molecule has 2 rings (SSSR count). The van der Waals surface area contributed by atoms with Gasteiger partial charge in [0.15, 0.2) is 0 Å². The van der Waals surface area contributed by atoms with Crippen LogP contribution in [-0.4, -0.2) is 35.2 Å². The van der Waals surface area contributed by atoms with E-state index in [9.17, 15) is 19.5 Å². The van der Waals surface area contributed by atoms with E-state index in [2.05, 4.69) is 30.2 Å². The molecule has 34 heavy (non-hydrogen) atoms. The van der Waals surface area contributed by atoms with Crippen LogP contribution in [0.2, 0.25) is 0 Å².